The molecule has 0 radical (unpaired) electrons. The van der Waals surface area contributed by atoms with E-state index in [1.54, 1.807) is 6.07 Å². The molecule has 0 atom stereocenters. The minimum Gasteiger partial charge on any atom is -0.451 e. The van der Waals surface area contributed by atoms with Crippen molar-refractivity contribution in [2.45, 2.75) is 70.8 Å². The highest BCUT2D eigenvalue weighted by atomic mass is 32.1. The molecule has 1 aliphatic heterocycles. The van der Waals surface area contributed by atoms with Gasteiger partial charge in [0, 0.05) is 4.88 Å². The van der Waals surface area contributed by atoms with Crippen LogP contribution in [0.3, 0.4) is 0 Å². The molecule has 0 aromatic carbocycles. The molecular weight excluding hydrogens is 394 g/mol. The van der Waals surface area contributed by atoms with Gasteiger partial charge in [0.1, 0.15) is 10.4 Å². The van der Waals surface area contributed by atoms with Crippen LogP contribution in [-0.4, -0.2) is 41.0 Å². The first-order chi connectivity index (χ1) is 13.9. The van der Waals surface area contributed by atoms with Crippen molar-refractivity contribution in [2.75, 3.05) is 6.61 Å². The van der Waals surface area contributed by atoms with Crippen LogP contribution in [0, 0.1) is 0 Å². The van der Waals surface area contributed by atoms with Crippen molar-refractivity contribution < 1.29 is 23.9 Å². The number of esters is 1. The van der Waals surface area contributed by atoms with Crippen LogP contribution < -0.4 is 10.7 Å². The summed E-state index contributed by atoms with van der Waals surface area (Å²) >= 11 is 1.38. The van der Waals surface area contributed by atoms with E-state index in [0.29, 0.717) is 22.7 Å². The number of hydrazine groups is 1. The molecule has 1 saturated carbocycles. The zero-order chi connectivity index (χ0) is 21.0. The summed E-state index contributed by atoms with van der Waals surface area (Å²) in [6.45, 7) is 3.54. The third-order valence-corrected chi connectivity index (χ3v) is 6.61. The van der Waals surface area contributed by atoms with Gasteiger partial charge in [-0.1, -0.05) is 39.5 Å². The number of urea groups is 1. The molecule has 0 unspecified atom stereocenters. The predicted molar refractivity (Wildman–Crippen MR) is 107 cm³/mol. The topological polar surface area (TPSA) is 105 Å². The number of nitrogens with zero attached hydrogens (tertiary/aromatic N) is 1. The Balaban J connectivity index is 1.55. The number of hydrogen-bond donors (Lipinski definition) is 2. The van der Waals surface area contributed by atoms with E-state index in [9.17, 15) is 19.2 Å². The van der Waals surface area contributed by atoms with Gasteiger partial charge in [0.05, 0.1) is 0 Å². The molecule has 158 valence electrons. The maximum absolute atomic E-state index is 12.6. The van der Waals surface area contributed by atoms with E-state index in [-0.39, 0.29) is 0 Å². The maximum Gasteiger partial charge on any atom is 0.348 e. The SMILES string of the molecule is CCCc1sc(C(=O)OCC(=O)NN2C(=O)NC3(CCCCC3)C2=O)cc1CC. The van der Waals surface area contributed by atoms with E-state index < -0.39 is 36.0 Å². The summed E-state index contributed by atoms with van der Waals surface area (Å²) in [6, 6.07) is 1.16. The standard InChI is InChI=1S/C20H27N3O5S/c1-3-8-14-13(4-2)11-15(29-14)17(25)28-12-16(24)22-23-18(26)20(21-19(23)27)9-6-5-7-10-20/h11H,3-10,12H2,1-2H3,(H,21,27)(H,22,24). The lowest BCUT2D eigenvalue weighted by Gasteiger charge is -2.30. The molecule has 2 heterocycles. The lowest BCUT2D eigenvalue weighted by molar-refractivity contribution is -0.140. The summed E-state index contributed by atoms with van der Waals surface area (Å²) < 4.78 is 5.09. The van der Waals surface area contributed by atoms with Crippen LogP contribution in [0.5, 0.6) is 0 Å². The summed E-state index contributed by atoms with van der Waals surface area (Å²) in [5.41, 5.74) is 2.47. The number of aryl methyl sites for hydroxylation is 2. The molecule has 3 rings (SSSR count). The molecule has 1 saturated heterocycles. The van der Waals surface area contributed by atoms with Crippen molar-refractivity contribution in [1.29, 1.82) is 0 Å². The van der Waals surface area contributed by atoms with Crippen LogP contribution in [0.4, 0.5) is 4.79 Å². The molecule has 4 amide bonds. The molecule has 2 N–H and O–H groups in total. The van der Waals surface area contributed by atoms with Gasteiger partial charge in [0.2, 0.25) is 0 Å². The summed E-state index contributed by atoms with van der Waals surface area (Å²) in [5.74, 6) is -1.75. The van der Waals surface area contributed by atoms with Crippen LogP contribution in [0.2, 0.25) is 0 Å². The number of amides is 4. The maximum atomic E-state index is 12.6. The van der Waals surface area contributed by atoms with Crippen molar-refractivity contribution >= 4 is 35.2 Å². The van der Waals surface area contributed by atoms with Gasteiger partial charge >= 0.3 is 12.0 Å². The van der Waals surface area contributed by atoms with Gasteiger partial charge in [-0.15, -0.1) is 11.3 Å². The molecule has 0 bridgehead atoms. The molecule has 1 spiro atoms. The first kappa shape index (κ1) is 21.3. The summed E-state index contributed by atoms with van der Waals surface area (Å²) in [4.78, 5) is 50.9. The normalized spacial score (nSPS) is 18.1. The number of nitrogens with one attached hydrogen (secondary N) is 2. The molecule has 2 aliphatic rings. The predicted octanol–water partition coefficient (Wildman–Crippen LogP) is 2.71. The Kier molecular flexibility index (Phi) is 6.56. The second-order valence-corrected chi connectivity index (χ2v) is 8.62. The number of imide groups is 1. The number of hydrogen-bond acceptors (Lipinski definition) is 6. The van der Waals surface area contributed by atoms with E-state index >= 15 is 0 Å². The van der Waals surface area contributed by atoms with Gasteiger partial charge in [-0.3, -0.25) is 15.0 Å². The van der Waals surface area contributed by atoms with Crippen LogP contribution in [-0.2, 0) is 27.2 Å². The van der Waals surface area contributed by atoms with Gasteiger partial charge < -0.3 is 10.1 Å². The number of ether oxygens (including phenoxy) is 1. The zero-order valence-corrected chi connectivity index (χ0v) is 17.7. The Morgan fingerprint density at radius 2 is 1.97 bits per heavy atom. The number of rotatable bonds is 7. The van der Waals surface area contributed by atoms with Gasteiger partial charge in [0.15, 0.2) is 6.61 Å². The third-order valence-electron chi connectivity index (χ3n) is 5.40. The second-order valence-electron chi connectivity index (χ2n) is 7.49. The summed E-state index contributed by atoms with van der Waals surface area (Å²) in [6.07, 6.45) is 6.57. The third kappa shape index (κ3) is 4.44. The van der Waals surface area contributed by atoms with E-state index in [4.69, 9.17) is 4.74 Å². The fourth-order valence-corrected chi connectivity index (χ4v) is 5.13. The lowest BCUT2D eigenvalue weighted by Crippen LogP contribution is -2.51. The molecule has 8 nitrogen and oxygen atoms in total. The Hall–Kier alpha value is -2.42. The van der Waals surface area contributed by atoms with Gasteiger partial charge in [0.25, 0.3) is 11.8 Å². The molecule has 2 fully saturated rings. The molecule has 1 aromatic heterocycles. The largest absolute Gasteiger partial charge is 0.451 e. The molecule has 1 aliphatic carbocycles. The van der Waals surface area contributed by atoms with E-state index in [1.807, 2.05) is 6.92 Å². The summed E-state index contributed by atoms with van der Waals surface area (Å²) in [7, 11) is 0. The van der Waals surface area contributed by atoms with Crippen LogP contribution in [0.25, 0.3) is 0 Å². The van der Waals surface area contributed by atoms with Gasteiger partial charge in [-0.25, -0.2) is 9.59 Å². The monoisotopic (exact) mass is 421 g/mol. The Labute approximate surface area is 173 Å². The first-order valence-corrected chi connectivity index (χ1v) is 11.0. The fraction of sp³-hybridized carbons (Fsp3) is 0.600. The highest BCUT2D eigenvalue weighted by molar-refractivity contribution is 7.14. The quantitative estimate of drug-likeness (QED) is 0.520. The Morgan fingerprint density at radius 3 is 2.62 bits per heavy atom. The van der Waals surface area contributed by atoms with Crippen molar-refractivity contribution in [1.82, 2.24) is 15.8 Å². The minimum atomic E-state index is -0.914. The van der Waals surface area contributed by atoms with Crippen LogP contribution >= 0.6 is 11.3 Å². The average molecular weight is 422 g/mol. The van der Waals surface area contributed by atoms with Crippen molar-refractivity contribution in [3.63, 3.8) is 0 Å². The second kappa shape index (κ2) is 8.94. The van der Waals surface area contributed by atoms with Crippen molar-refractivity contribution in [3.05, 3.63) is 21.4 Å². The molecule has 1 aromatic rings. The average Bonchev–Trinajstić information content (AvgIpc) is 3.22. The summed E-state index contributed by atoms with van der Waals surface area (Å²) in [5, 5.41) is 3.42. The van der Waals surface area contributed by atoms with Crippen LogP contribution in [0.1, 0.15) is 72.5 Å². The van der Waals surface area contributed by atoms with E-state index in [1.165, 1.54) is 11.3 Å². The fourth-order valence-electron chi connectivity index (χ4n) is 3.88. The highest BCUT2D eigenvalue weighted by Gasteiger charge is 2.52. The molecule has 29 heavy (non-hydrogen) atoms. The number of thiophene rings is 1. The minimum absolute atomic E-state index is 0.447. The van der Waals surface area contributed by atoms with E-state index in [2.05, 4.69) is 17.7 Å². The smallest absolute Gasteiger partial charge is 0.348 e. The van der Waals surface area contributed by atoms with Crippen LogP contribution in [0.15, 0.2) is 6.07 Å². The van der Waals surface area contributed by atoms with Gasteiger partial charge in [-0.05, 0) is 37.3 Å². The Morgan fingerprint density at radius 1 is 1.24 bits per heavy atom. The highest BCUT2D eigenvalue weighted by Crippen LogP contribution is 2.33. The molecular formula is C20H27N3O5S. The number of carbonyl (C=O) groups is 4. The van der Waals surface area contributed by atoms with Crippen molar-refractivity contribution in [2.24, 2.45) is 0 Å². The first-order valence-electron chi connectivity index (χ1n) is 10.1. The van der Waals surface area contributed by atoms with Gasteiger partial charge in [-0.2, -0.15) is 5.01 Å². The van der Waals surface area contributed by atoms with Crippen molar-refractivity contribution in [3.8, 4) is 0 Å². The lowest BCUT2D eigenvalue weighted by atomic mass is 9.82. The molecule has 9 heteroatoms. The van der Waals surface area contributed by atoms with E-state index in [0.717, 1.165) is 49.0 Å². The zero-order valence-electron chi connectivity index (χ0n) is 16.8. The number of carbonyl (C=O) groups excluding carboxylic acids is 4. The Bertz CT molecular complexity index is 813.